The van der Waals surface area contributed by atoms with Crippen LogP contribution in [0.5, 0.6) is 11.5 Å². The van der Waals surface area contributed by atoms with Gasteiger partial charge in [0.15, 0.2) is 11.5 Å². The van der Waals surface area contributed by atoms with Crippen LogP contribution in [0.4, 0.5) is 4.39 Å². The number of unbranched alkanes of at least 4 members (excludes halogenated alkanes) is 1. The highest BCUT2D eigenvalue weighted by molar-refractivity contribution is 5.39. The molecule has 1 N–H and O–H groups in total. The van der Waals surface area contributed by atoms with Crippen molar-refractivity contribution in [1.29, 1.82) is 0 Å². The Hall–Kier alpha value is -1.29. The molecule has 0 saturated heterocycles. The molecule has 0 aliphatic heterocycles. The van der Waals surface area contributed by atoms with E-state index in [0.717, 1.165) is 5.56 Å². The normalized spacial score (nSPS) is 10.2. The highest BCUT2D eigenvalue weighted by Gasteiger charge is 2.10. The van der Waals surface area contributed by atoms with Crippen molar-refractivity contribution in [2.45, 2.75) is 19.8 Å². The zero-order valence-corrected chi connectivity index (χ0v) is 9.62. The fourth-order valence-corrected chi connectivity index (χ4v) is 1.35. The molecule has 1 rings (SSSR count). The summed E-state index contributed by atoms with van der Waals surface area (Å²) in [7, 11) is 1.42. The number of benzene rings is 1. The van der Waals surface area contributed by atoms with E-state index in [2.05, 4.69) is 0 Å². The molecule has 16 heavy (non-hydrogen) atoms. The third kappa shape index (κ3) is 3.38. The Morgan fingerprint density at radius 2 is 1.94 bits per heavy atom. The molecule has 0 unspecified atom stereocenters. The molecule has 0 bridgehead atoms. The largest absolute Gasteiger partial charge is 0.494 e. The number of aryl methyl sites for hydroxylation is 1. The molecule has 0 radical (unpaired) electrons. The van der Waals surface area contributed by atoms with E-state index in [0.29, 0.717) is 19.4 Å². The standard InChI is InChI=1S/C12H17FO3/c1-9-7-10(15-2)12(13)11(8-9)16-6-4-3-5-14/h7-8,14H,3-6H2,1-2H3/i13+0. The summed E-state index contributed by atoms with van der Waals surface area (Å²) in [4.78, 5) is 0. The van der Waals surface area contributed by atoms with E-state index < -0.39 is 5.82 Å². The second-order valence-corrected chi connectivity index (χ2v) is 3.56. The molecule has 4 heteroatoms. The van der Waals surface area contributed by atoms with Gasteiger partial charge in [-0.25, -0.2) is 0 Å². The molecule has 0 spiro atoms. The van der Waals surface area contributed by atoms with Crippen LogP contribution in [0.25, 0.3) is 0 Å². The van der Waals surface area contributed by atoms with Crippen LogP contribution in [0.1, 0.15) is 18.4 Å². The highest BCUT2D eigenvalue weighted by atomic mass is 19.1. The van der Waals surface area contributed by atoms with Gasteiger partial charge >= 0.3 is 0 Å². The van der Waals surface area contributed by atoms with Crippen molar-refractivity contribution in [3.8, 4) is 11.5 Å². The minimum atomic E-state index is -0.475. The molecular formula is C12H17FO3. The number of aliphatic hydroxyl groups excluding tert-OH is 1. The minimum absolute atomic E-state index is 0.128. The second kappa shape index (κ2) is 6.33. The maximum absolute atomic E-state index is 13.7. The highest BCUT2D eigenvalue weighted by Crippen LogP contribution is 2.28. The Morgan fingerprint density at radius 3 is 2.56 bits per heavy atom. The first-order valence-corrected chi connectivity index (χ1v) is 5.27. The smallest absolute Gasteiger partial charge is 0.206 e. The number of aliphatic hydroxyl groups is 1. The molecule has 0 saturated carbocycles. The summed E-state index contributed by atoms with van der Waals surface area (Å²) in [5, 5.41) is 8.59. The maximum atomic E-state index is 13.7. The van der Waals surface area contributed by atoms with Crippen molar-refractivity contribution in [2.75, 3.05) is 20.3 Å². The van der Waals surface area contributed by atoms with Crippen molar-refractivity contribution in [2.24, 2.45) is 0 Å². The van der Waals surface area contributed by atoms with Gasteiger partial charge in [-0.15, -0.1) is 0 Å². The molecule has 3 nitrogen and oxygen atoms in total. The van der Waals surface area contributed by atoms with Gasteiger partial charge in [-0.1, -0.05) is 0 Å². The maximum Gasteiger partial charge on any atom is 0.206 e. The lowest BCUT2D eigenvalue weighted by Crippen LogP contribution is -2.02. The third-order valence-corrected chi connectivity index (χ3v) is 2.18. The summed E-state index contributed by atoms with van der Waals surface area (Å²) >= 11 is 0. The molecule has 0 aromatic heterocycles. The average Bonchev–Trinajstić information content (AvgIpc) is 2.28. The Labute approximate surface area is 94.8 Å². The van der Waals surface area contributed by atoms with E-state index in [-0.39, 0.29) is 18.1 Å². The van der Waals surface area contributed by atoms with Crippen molar-refractivity contribution in [3.05, 3.63) is 23.5 Å². The fourth-order valence-electron chi connectivity index (χ4n) is 1.35. The van der Waals surface area contributed by atoms with Crippen LogP contribution in [-0.2, 0) is 0 Å². The van der Waals surface area contributed by atoms with Gasteiger partial charge in [-0.3, -0.25) is 0 Å². The zero-order valence-electron chi connectivity index (χ0n) is 9.62. The first-order chi connectivity index (χ1) is 7.69. The van der Waals surface area contributed by atoms with Crippen LogP contribution in [0.15, 0.2) is 12.1 Å². The number of hydrogen-bond donors (Lipinski definition) is 1. The molecule has 90 valence electrons. The van der Waals surface area contributed by atoms with Crippen LogP contribution in [-0.4, -0.2) is 25.4 Å². The number of halogens is 1. The summed E-state index contributed by atoms with van der Waals surface area (Å²) in [6.45, 7) is 2.37. The molecule has 0 fully saturated rings. The topological polar surface area (TPSA) is 38.7 Å². The van der Waals surface area contributed by atoms with Gasteiger partial charge in [0.2, 0.25) is 5.82 Å². The predicted molar refractivity (Wildman–Crippen MR) is 59.5 cm³/mol. The van der Waals surface area contributed by atoms with Crippen molar-refractivity contribution < 1.29 is 19.0 Å². The van der Waals surface area contributed by atoms with E-state index in [1.807, 2.05) is 6.92 Å². The number of methoxy groups -OCH3 is 1. The molecule has 0 heterocycles. The van der Waals surface area contributed by atoms with Crippen molar-refractivity contribution >= 4 is 0 Å². The minimum Gasteiger partial charge on any atom is -0.494 e. The van der Waals surface area contributed by atoms with Crippen molar-refractivity contribution in [3.63, 3.8) is 0 Å². The predicted octanol–water partition coefficient (Wildman–Crippen LogP) is 2.29. The van der Waals surface area contributed by atoms with Gasteiger partial charge in [0, 0.05) is 6.61 Å². The molecule has 0 aliphatic rings. The summed E-state index contributed by atoms with van der Waals surface area (Å²) in [6, 6.07) is 3.26. The molecule has 0 atom stereocenters. The SMILES string of the molecule is COc1cc(C)cc(OCCCCO)c1[19F]. The van der Waals surface area contributed by atoms with Crippen LogP contribution >= 0.6 is 0 Å². The monoisotopic (exact) mass is 228 g/mol. The van der Waals surface area contributed by atoms with Crippen LogP contribution in [0.2, 0.25) is 0 Å². The van der Waals surface area contributed by atoms with Gasteiger partial charge in [0.1, 0.15) is 0 Å². The number of rotatable bonds is 6. The van der Waals surface area contributed by atoms with Gasteiger partial charge in [0.25, 0.3) is 0 Å². The van der Waals surface area contributed by atoms with E-state index >= 15 is 0 Å². The van der Waals surface area contributed by atoms with Gasteiger partial charge in [0.05, 0.1) is 13.7 Å². The summed E-state index contributed by atoms with van der Waals surface area (Å²) in [5.41, 5.74) is 0.885. The third-order valence-electron chi connectivity index (χ3n) is 2.18. The zero-order chi connectivity index (χ0) is 12.0. The Balaban J connectivity index is 2.67. The van der Waals surface area contributed by atoms with Crippen LogP contribution in [0.3, 0.4) is 0 Å². The average molecular weight is 228 g/mol. The molecule has 0 aliphatic carbocycles. The Kier molecular flexibility index (Phi) is 5.05. The van der Waals surface area contributed by atoms with E-state index in [1.54, 1.807) is 12.1 Å². The fraction of sp³-hybridized carbons (Fsp3) is 0.500. The van der Waals surface area contributed by atoms with E-state index in [9.17, 15) is 4.39 Å². The Morgan fingerprint density at radius 1 is 1.25 bits per heavy atom. The molecular weight excluding hydrogens is 211 g/mol. The van der Waals surface area contributed by atoms with Gasteiger partial charge in [-0.2, -0.15) is 4.39 Å². The van der Waals surface area contributed by atoms with E-state index in [4.69, 9.17) is 14.6 Å². The van der Waals surface area contributed by atoms with Gasteiger partial charge in [-0.05, 0) is 37.5 Å². The Bertz CT molecular complexity index is 339. The summed E-state index contributed by atoms with van der Waals surface area (Å²) < 4.78 is 23.9. The lowest BCUT2D eigenvalue weighted by Gasteiger charge is -2.10. The lowest BCUT2D eigenvalue weighted by atomic mass is 10.2. The molecule has 1 aromatic carbocycles. The van der Waals surface area contributed by atoms with E-state index in [1.165, 1.54) is 7.11 Å². The first-order valence-electron chi connectivity index (χ1n) is 5.27. The molecule has 0 amide bonds. The summed E-state index contributed by atoms with van der Waals surface area (Å²) in [5.74, 6) is -0.0796. The van der Waals surface area contributed by atoms with Gasteiger partial charge < -0.3 is 14.6 Å². The first kappa shape index (κ1) is 12.8. The van der Waals surface area contributed by atoms with Crippen molar-refractivity contribution in [1.82, 2.24) is 0 Å². The molecule has 1 aromatic rings. The van der Waals surface area contributed by atoms with Crippen LogP contribution in [0, 0.1) is 12.7 Å². The second-order valence-electron chi connectivity index (χ2n) is 3.56. The summed E-state index contributed by atoms with van der Waals surface area (Å²) in [6.07, 6.45) is 1.36. The lowest BCUT2D eigenvalue weighted by molar-refractivity contribution is 0.246. The quantitative estimate of drug-likeness (QED) is 0.759. The number of hydrogen-bond acceptors (Lipinski definition) is 3. The van der Waals surface area contributed by atoms with Crippen LogP contribution < -0.4 is 9.47 Å². The number of ether oxygens (including phenoxy) is 2.